The van der Waals surface area contributed by atoms with Gasteiger partial charge in [0.15, 0.2) is 5.96 Å². The van der Waals surface area contributed by atoms with Gasteiger partial charge in [-0.3, -0.25) is 4.99 Å². The largest absolute Gasteiger partial charge is 0.457 e. The van der Waals surface area contributed by atoms with E-state index in [1.165, 1.54) is 5.56 Å². The van der Waals surface area contributed by atoms with Crippen LogP contribution in [-0.4, -0.2) is 69.1 Å². The Balaban J connectivity index is 0.00000363. The topological polar surface area (TPSA) is 52.1 Å². The van der Waals surface area contributed by atoms with E-state index in [4.69, 9.17) is 4.74 Å². The molecule has 1 fully saturated rings. The van der Waals surface area contributed by atoms with E-state index in [0.717, 1.165) is 62.3 Å². The number of nitrogens with zero attached hydrogens (tertiary/aromatic N) is 3. The zero-order valence-corrected chi connectivity index (χ0v) is 22.1. The molecule has 2 N–H and O–H groups in total. The van der Waals surface area contributed by atoms with Crippen molar-refractivity contribution < 1.29 is 4.74 Å². The number of para-hydroxylation sites is 1. The number of nitrogens with one attached hydrogen (secondary N) is 2. The monoisotopic (exact) mass is 551 g/mol. The second-order valence-corrected chi connectivity index (χ2v) is 8.54. The van der Waals surface area contributed by atoms with Gasteiger partial charge in [-0.15, -0.1) is 24.0 Å². The van der Waals surface area contributed by atoms with E-state index < -0.39 is 0 Å². The summed E-state index contributed by atoms with van der Waals surface area (Å²) in [6.07, 6.45) is 0. The van der Waals surface area contributed by atoms with Gasteiger partial charge in [-0.25, -0.2) is 0 Å². The Hall–Kier alpha value is -1.84. The third kappa shape index (κ3) is 8.60. The Labute approximate surface area is 210 Å². The number of halogens is 1. The molecular weight excluding hydrogens is 513 g/mol. The second kappa shape index (κ2) is 13.6. The molecule has 0 aliphatic carbocycles. The van der Waals surface area contributed by atoms with E-state index in [0.29, 0.717) is 12.5 Å². The van der Waals surface area contributed by atoms with Crippen molar-refractivity contribution in [3.05, 3.63) is 59.7 Å². The van der Waals surface area contributed by atoms with Gasteiger partial charge >= 0.3 is 0 Å². The summed E-state index contributed by atoms with van der Waals surface area (Å²) in [5.41, 5.74) is 2.28. The molecule has 0 bridgehead atoms. The molecule has 7 heteroatoms. The van der Waals surface area contributed by atoms with Gasteiger partial charge in [0.25, 0.3) is 0 Å². The van der Waals surface area contributed by atoms with Gasteiger partial charge < -0.3 is 25.2 Å². The van der Waals surface area contributed by atoms with E-state index in [1.807, 2.05) is 37.4 Å². The van der Waals surface area contributed by atoms with Crippen LogP contribution in [0.4, 0.5) is 0 Å². The maximum Gasteiger partial charge on any atom is 0.191 e. The summed E-state index contributed by atoms with van der Waals surface area (Å²) in [6, 6.07) is 16.2. The normalized spacial score (nSPS) is 16.2. The van der Waals surface area contributed by atoms with Crippen LogP contribution < -0.4 is 15.4 Å². The molecule has 1 aliphatic rings. The molecule has 2 aromatic carbocycles. The van der Waals surface area contributed by atoms with Crippen LogP contribution >= 0.6 is 24.0 Å². The molecule has 0 spiro atoms. The number of piperazine rings is 1. The average molecular weight is 552 g/mol. The first-order valence-electron chi connectivity index (χ1n) is 11.2. The number of aliphatic imine (C=N–C) groups is 1. The fourth-order valence-corrected chi connectivity index (χ4v) is 3.72. The van der Waals surface area contributed by atoms with E-state index >= 15 is 0 Å². The van der Waals surface area contributed by atoms with Crippen LogP contribution in [0.2, 0.25) is 0 Å². The third-order valence-electron chi connectivity index (χ3n) is 5.65. The zero-order valence-electron chi connectivity index (χ0n) is 19.8. The summed E-state index contributed by atoms with van der Waals surface area (Å²) in [4.78, 5) is 9.35. The van der Waals surface area contributed by atoms with Crippen LogP contribution in [-0.2, 0) is 6.54 Å². The first kappa shape index (κ1) is 26.4. The third-order valence-corrected chi connectivity index (χ3v) is 5.65. The molecule has 2 aromatic rings. The highest BCUT2D eigenvalue weighted by atomic mass is 127. The molecule has 0 amide bonds. The Bertz CT molecular complexity index is 837. The second-order valence-electron chi connectivity index (χ2n) is 8.54. The fourth-order valence-electron chi connectivity index (χ4n) is 3.72. The predicted molar refractivity (Wildman–Crippen MR) is 144 cm³/mol. The summed E-state index contributed by atoms with van der Waals surface area (Å²) in [5.74, 6) is 3.09. The standard InChI is InChI=1S/C25H37N5O.HI/c1-20-10-11-22(24(16-20)31-23-8-6-5-7-9-23)18-28-25(26-3)27-17-21(2)19-30-14-12-29(4)13-15-30;/h5-11,16,21H,12-15,17-19H2,1-4H3,(H2,26,27,28);1H. The average Bonchev–Trinajstić information content (AvgIpc) is 2.77. The number of guanidine groups is 1. The Kier molecular flexibility index (Phi) is 11.3. The molecule has 0 radical (unpaired) electrons. The van der Waals surface area contributed by atoms with Crippen LogP contribution in [0.1, 0.15) is 18.1 Å². The number of benzene rings is 2. The summed E-state index contributed by atoms with van der Waals surface area (Å²) < 4.78 is 6.14. The lowest BCUT2D eigenvalue weighted by Crippen LogP contribution is -2.47. The Morgan fingerprint density at radius 2 is 1.78 bits per heavy atom. The van der Waals surface area contributed by atoms with Crippen molar-refractivity contribution in [3.63, 3.8) is 0 Å². The first-order chi connectivity index (χ1) is 15.0. The molecule has 1 heterocycles. The maximum atomic E-state index is 6.14. The van der Waals surface area contributed by atoms with Crippen LogP contribution in [0.25, 0.3) is 0 Å². The summed E-state index contributed by atoms with van der Waals surface area (Å²) in [6.45, 7) is 11.7. The van der Waals surface area contributed by atoms with Crippen LogP contribution in [0.3, 0.4) is 0 Å². The van der Waals surface area contributed by atoms with Crippen molar-refractivity contribution in [1.29, 1.82) is 0 Å². The molecule has 32 heavy (non-hydrogen) atoms. The van der Waals surface area contributed by atoms with E-state index in [2.05, 4.69) is 64.5 Å². The molecule has 0 saturated carbocycles. The molecule has 1 atom stereocenters. The van der Waals surface area contributed by atoms with Gasteiger partial charge in [0.1, 0.15) is 11.5 Å². The van der Waals surface area contributed by atoms with Crippen molar-refractivity contribution >= 4 is 29.9 Å². The minimum atomic E-state index is 0. The van der Waals surface area contributed by atoms with Gasteiger partial charge in [0.05, 0.1) is 0 Å². The van der Waals surface area contributed by atoms with E-state index in [-0.39, 0.29) is 24.0 Å². The highest BCUT2D eigenvalue weighted by Crippen LogP contribution is 2.26. The van der Waals surface area contributed by atoms with E-state index in [1.54, 1.807) is 0 Å². The van der Waals surface area contributed by atoms with Gasteiger partial charge in [0, 0.05) is 58.4 Å². The number of hydrogen-bond acceptors (Lipinski definition) is 4. The smallest absolute Gasteiger partial charge is 0.191 e. The SMILES string of the molecule is CN=C(NCc1ccc(C)cc1Oc1ccccc1)NCC(C)CN1CCN(C)CC1.I. The van der Waals surface area contributed by atoms with E-state index in [9.17, 15) is 0 Å². The van der Waals surface area contributed by atoms with Gasteiger partial charge in [-0.1, -0.05) is 37.3 Å². The molecule has 3 rings (SSSR count). The number of hydrogen-bond donors (Lipinski definition) is 2. The number of rotatable bonds is 8. The number of likely N-dealkylation sites (N-methyl/N-ethyl adjacent to an activating group) is 1. The fraction of sp³-hybridized carbons (Fsp3) is 0.480. The molecule has 1 aliphatic heterocycles. The van der Waals surface area contributed by atoms with Crippen LogP contribution in [0, 0.1) is 12.8 Å². The van der Waals surface area contributed by atoms with Crippen molar-refractivity contribution in [1.82, 2.24) is 20.4 Å². The Morgan fingerprint density at radius 1 is 1.06 bits per heavy atom. The Morgan fingerprint density at radius 3 is 2.47 bits per heavy atom. The van der Waals surface area contributed by atoms with Gasteiger partial charge in [-0.2, -0.15) is 0 Å². The molecular formula is C25H38IN5O. The molecule has 1 unspecified atom stereocenters. The van der Waals surface area contributed by atoms with Crippen LogP contribution in [0.15, 0.2) is 53.5 Å². The number of aryl methyl sites for hydroxylation is 1. The summed E-state index contributed by atoms with van der Waals surface area (Å²) >= 11 is 0. The van der Waals surface area contributed by atoms with Crippen LogP contribution in [0.5, 0.6) is 11.5 Å². The minimum absolute atomic E-state index is 0. The lowest BCUT2D eigenvalue weighted by atomic mass is 10.1. The number of ether oxygens (including phenoxy) is 1. The van der Waals surface area contributed by atoms with Crippen molar-refractivity contribution in [2.75, 3.05) is 53.4 Å². The zero-order chi connectivity index (χ0) is 22.1. The quantitative estimate of drug-likeness (QED) is 0.296. The minimum Gasteiger partial charge on any atom is -0.457 e. The van der Waals surface area contributed by atoms with Gasteiger partial charge in [-0.05, 0) is 43.7 Å². The lowest BCUT2D eigenvalue weighted by Gasteiger charge is -2.34. The van der Waals surface area contributed by atoms with Gasteiger partial charge in [0.2, 0.25) is 0 Å². The van der Waals surface area contributed by atoms with Crippen molar-refractivity contribution in [2.24, 2.45) is 10.9 Å². The summed E-state index contributed by atoms with van der Waals surface area (Å²) in [7, 11) is 4.01. The molecule has 0 aromatic heterocycles. The summed E-state index contributed by atoms with van der Waals surface area (Å²) in [5, 5.41) is 6.91. The first-order valence-corrected chi connectivity index (χ1v) is 11.2. The molecule has 6 nitrogen and oxygen atoms in total. The van der Waals surface area contributed by atoms with Crippen molar-refractivity contribution in [2.45, 2.75) is 20.4 Å². The van der Waals surface area contributed by atoms with Crippen molar-refractivity contribution in [3.8, 4) is 11.5 Å². The maximum absolute atomic E-state index is 6.14. The molecule has 1 saturated heterocycles. The highest BCUT2D eigenvalue weighted by Gasteiger charge is 2.16. The molecule has 176 valence electrons. The lowest BCUT2D eigenvalue weighted by molar-refractivity contribution is 0.139. The predicted octanol–water partition coefficient (Wildman–Crippen LogP) is 3.95. The highest BCUT2D eigenvalue weighted by molar-refractivity contribution is 14.0.